The van der Waals surface area contributed by atoms with E-state index < -0.39 is 0 Å². The van der Waals surface area contributed by atoms with Gasteiger partial charge in [0.25, 0.3) is 5.91 Å². The maximum absolute atomic E-state index is 13.8. The van der Waals surface area contributed by atoms with Crippen molar-refractivity contribution < 1.29 is 18.9 Å². The Morgan fingerprint density at radius 3 is 2.06 bits per heavy atom. The van der Waals surface area contributed by atoms with E-state index in [1.807, 2.05) is 12.1 Å². The Bertz CT molecular complexity index is 796. The number of rotatable bonds is 6. The van der Waals surface area contributed by atoms with Gasteiger partial charge in [0.15, 0.2) is 6.54 Å². The number of benzene rings is 1. The summed E-state index contributed by atoms with van der Waals surface area (Å²) in [5.74, 6) is 2.00. The Balaban J connectivity index is 1.35. The van der Waals surface area contributed by atoms with E-state index in [0.717, 1.165) is 68.5 Å². The molecule has 4 bridgehead atoms. The molecule has 6 heteroatoms. The summed E-state index contributed by atoms with van der Waals surface area (Å²) in [5.41, 5.74) is 6.46. The number of carbonyl (C=O) groups excluding carboxylic acids is 2. The average Bonchev–Trinajstić information content (AvgIpc) is 2.72. The highest BCUT2D eigenvalue weighted by molar-refractivity contribution is 5.78. The van der Waals surface area contributed by atoms with Crippen LogP contribution in [0, 0.1) is 29.5 Å². The molecule has 1 heterocycles. The maximum Gasteiger partial charge on any atom is 0.278 e. The van der Waals surface area contributed by atoms with E-state index in [9.17, 15) is 14.0 Å². The van der Waals surface area contributed by atoms with Crippen LogP contribution in [0.4, 0.5) is 4.39 Å². The van der Waals surface area contributed by atoms with Crippen molar-refractivity contribution in [1.29, 1.82) is 0 Å². The molecule has 0 aromatic heterocycles. The Morgan fingerprint density at radius 2 is 1.55 bits per heavy atom. The van der Waals surface area contributed by atoms with Crippen LogP contribution in [0.5, 0.6) is 0 Å². The first-order valence-corrected chi connectivity index (χ1v) is 12.1. The normalized spacial score (nSPS) is 36.4. The molecule has 1 aliphatic heterocycles. The first-order chi connectivity index (χ1) is 14.9. The van der Waals surface area contributed by atoms with Crippen LogP contribution in [0.25, 0.3) is 0 Å². The van der Waals surface area contributed by atoms with Crippen LogP contribution in [0.3, 0.4) is 0 Å². The number of amides is 2. The summed E-state index contributed by atoms with van der Waals surface area (Å²) < 4.78 is 13.5. The number of piperidine rings is 1. The second kappa shape index (κ2) is 8.19. The predicted octanol–water partition coefficient (Wildman–Crippen LogP) is 1.90. The third-order valence-electron chi connectivity index (χ3n) is 8.63. The maximum atomic E-state index is 13.8. The van der Waals surface area contributed by atoms with Crippen LogP contribution in [0.2, 0.25) is 0 Å². The van der Waals surface area contributed by atoms with Crippen molar-refractivity contribution in [3.8, 4) is 0 Å². The van der Waals surface area contributed by atoms with E-state index in [1.165, 1.54) is 36.3 Å². The van der Waals surface area contributed by atoms with Crippen LogP contribution in [-0.2, 0) is 16.1 Å². The summed E-state index contributed by atoms with van der Waals surface area (Å²) in [6, 6.07) is 6.64. The van der Waals surface area contributed by atoms with Crippen molar-refractivity contribution >= 4 is 11.8 Å². The van der Waals surface area contributed by atoms with Crippen LogP contribution in [0.1, 0.15) is 56.9 Å². The Labute approximate surface area is 184 Å². The second-order valence-corrected chi connectivity index (χ2v) is 10.9. The lowest BCUT2D eigenvalue weighted by atomic mass is 9.52. The fourth-order valence-electron chi connectivity index (χ4n) is 7.48. The van der Waals surface area contributed by atoms with Gasteiger partial charge in [-0.3, -0.25) is 9.59 Å². The van der Waals surface area contributed by atoms with E-state index in [-0.39, 0.29) is 29.1 Å². The predicted molar refractivity (Wildman–Crippen MR) is 115 cm³/mol. The molecule has 5 aliphatic rings. The van der Waals surface area contributed by atoms with Gasteiger partial charge in [-0.1, -0.05) is 12.1 Å². The van der Waals surface area contributed by atoms with Crippen LogP contribution < -0.4 is 10.6 Å². The monoisotopic (exact) mass is 428 g/mol. The highest BCUT2D eigenvalue weighted by atomic mass is 19.1. The molecule has 0 unspecified atom stereocenters. The SMILES string of the molecule is NC(=O)C1CC[NH+](CC(=O)N(Cc2ccc(F)cc2)C23CC4CC(CC(C4)C2)C3)CC1. The molecule has 4 aliphatic carbocycles. The molecule has 0 atom stereocenters. The molecule has 5 fully saturated rings. The standard InChI is InChI=1S/C25H34FN3O2/c26-22-3-1-17(2-4-22)15-29(23(30)16-28-7-5-21(6-8-28)24(27)31)25-12-18-9-19(13-25)11-20(10-18)14-25/h1-4,18-21H,5-16H2,(H2,27,31)/p+1. The number of nitrogens with one attached hydrogen (secondary N) is 1. The lowest BCUT2D eigenvalue weighted by Gasteiger charge is -2.60. The number of nitrogens with two attached hydrogens (primary N) is 1. The molecular weight excluding hydrogens is 393 g/mol. The summed E-state index contributed by atoms with van der Waals surface area (Å²) in [6.07, 6.45) is 8.94. The Morgan fingerprint density at radius 1 is 1.00 bits per heavy atom. The molecule has 5 nitrogen and oxygen atoms in total. The summed E-state index contributed by atoms with van der Waals surface area (Å²) in [7, 11) is 0. The minimum absolute atomic E-state index is 0.0226. The summed E-state index contributed by atoms with van der Waals surface area (Å²) in [5, 5.41) is 0. The minimum atomic E-state index is -0.238. The van der Waals surface area contributed by atoms with Gasteiger partial charge in [-0.2, -0.15) is 0 Å². The second-order valence-electron chi connectivity index (χ2n) is 10.9. The lowest BCUT2D eigenvalue weighted by molar-refractivity contribution is -0.898. The largest absolute Gasteiger partial charge is 0.369 e. The van der Waals surface area contributed by atoms with Gasteiger partial charge in [0.2, 0.25) is 5.91 Å². The number of hydrogen-bond donors (Lipinski definition) is 2. The van der Waals surface area contributed by atoms with E-state index in [4.69, 9.17) is 5.73 Å². The van der Waals surface area contributed by atoms with Crippen molar-refractivity contribution in [1.82, 2.24) is 4.90 Å². The van der Waals surface area contributed by atoms with Crippen molar-refractivity contribution in [3.63, 3.8) is 0 Å². The van der Waals surface area contributed by atoms with Gasteiger partial charge in [0.05, 0.1) is 13.1 Å². The molecular formula is C25H35FN3O2+. The number of hydrogen-bond acceptors (Lipinski definition) is 2. The molecule has 0 spiro atoms. The molecule has 1 saturated heterocycles. The number of likely N-dealkylation sites (tertiary alicyclic amines) is 1. The minimum Gasteiger partial charge on any atom is -0.369 e. The summed E-state index contributed by atoms with van der Waals surface area (Å²) >= 11 is 0. The first-order valence-electron chi connectivity index (χ1n) is 12.1. The fraction of sp³-hybridized carbons (Fsp3) is 0.680. The topological polar surface area (TPSA) is 67.8 Å². The van der Waals surface area contributed by atoms with Crippen LogP contribution >= 0.6 is 0 Å². The van der Waals surface area contributed by atoms with Gasteiger partial charge >= 0.3 is 0 Å². The lowest BCUT2D eigenvalue weighted by Crippen LogP contribution is -3.14. The zero-order valence-corrected chi connectivity index (χ0v) is 18.3. The van der Waals surface area contributed by atoms with Crippen molar-refractivity contribution in [2.24, 2.45) is 29.4 Å². The molecule has 31 heavy (non-hydrogen) atoms. The van der Waals surface area contributed by atoms with Crippen molar-refractivity contribution in [3.05, 3.63) is 35.6 Å². The zero-order chi connectivity index (χ0) is 21.6. The number of nitrogens with zero attached hydrogens (tertiary/aromatic N) is 1. The smallest absolute Gasteiger partial charge is 0.278 e. The van der Waals surface area contributed by atoms with E-state index in [1.54, 1.807) is 0 Å². The number of halogens is 1. The summed E-state index contributed by atoms with van der Waals surface area (Å²) in [4.78, 5) is 28.7. The number of quaternary nitrogens is 1. The van der Waals surface area contributed by atoms with Crippen molar-refractivity contribution in [2.75, 3.05) is 19.6 Å². The van der Waals surface area contributed by atoms with Crippen LogP contribution in [0.15, 0.2) is 24.3 Å². The van der Waals surface area contributed by atoms with Crippen LogP contribution in [-0.4, -0.2) is 41.9 Å². The average molecular weight is 429 g/mol. The van der Waals surface area contributed by atoms with Crippen molar-refractivity contribution in [2.45, 2.75) is 63.5 Å². The molecule has 3 N–H and O–H groups in total. The Hall–Kier alpha value is -1.95. The van der Waals surface area contributed by atoms with Gasteiger partial charge in [-0.25, -0.2) is 4.39 Å². The third kappa shape index (κ3) is 4.23. The van der Waals surface area contributed by atoms with Gasteiger partial charge in [0, 0.05) is 30.8 Å². The van der Waals surface area contributed by atoms with E-state index in [2.05, 4.69) is 4.90 Å². The number of primary amides is 1. The van der Waals surface area contributed by atoms with E-state index >= 15 is 0 Å². The Kier molecular flexibility index (Phi) is 5.53. The van der Waals surface area contributed by atoms with Gasteiger partial charge in [-0.05, 0) is 74.0 Å². The van der Waals surface area contributed by atoms with Gasteiger partial charge < -0.3 is 15.5 Å². The first kappa shape index (κ1) is 20.9. The van der Waals surface area contributed by atoms with Gasteiger partial charge in [0.1, 0.15) is 5.82 Å². The molecule has 0 radical (unpaired) electrons. The fourth-order valence-corrected chi connectivity index (χ4v) is 7.48. The molecule has 1 aromatic rings. The quantitative estimate of drug-likeness (QED) is 0.727. The molecule has 2 amide bonds. The zero-order valence-electron chi connectivity index (χ0n) is 18.3. The van der Waals surface area contributed by atoms with E-state index in [0.29, 0.717) is 13.1 Å². The summed E-state index contributed by atoms with van der Waals surface area (Å²) in [6.45, 7) is 2.70. The third-order valence-corrected chi connectivity index (χ3v) is 8.63. The molecule has 168 valence electrons. The molecule has 6 rings (SSSR count). The van der Waals surface area contributed by atoms with Gasteiger partial charge in [-0.15, -0.1) is 0 Å². The molecule has 1 aromatic carbocycles. The highest BCUT2D eigenvalue weighted by Crippen LogP contribution is 2.58. The highest BCUT2D eigenvalue weighted by Gasteiger charge is 2.55. The molecule has 4 saturated carbocycles. The number of carbonyl (C=O) groups is 2.